The van der Waals surface area contributed by atoms with Crippen LogP contribution < -0.4 is 5.56 Å². The summed E-state index contributed by atoms with van der Waals surface area (Å²) < 4.78 is 37.2. The summed E-state index contributed by atoms with van der Waals surface area (Å²) in [5.41, 5.74) is -0.884. The first-order valence-corrected chi connectivity index (χ1v) is 4.73. The number of nitrogens with zero attached hydrogens (tertiary/aromatic N) is 1. The molecule has 1 heterocycles. The van der Waals surface area contributed by atoms with Crippen molar-refractivity contribution in [2.75, 3.05) is 0 Å². The van der Waals surface area contributed by atoms with Crippen LogP contribution in [-0.4, -0.2) is 21.8 Å². The highest BCUT2D eigenvalue weighted by atomic mass is 19.4. The molecule has 0 saturated carbocycles. The first kappa shape index (κ1) is 13.3. The van der Waals surface area contributed by atoms with E-state index in [4.69, 9.17) is 5.11 Å². The van der Waals surface area contributed by atoms with Crippen molar-refractivity contribution < 1.29 is 23.1 Å². The van der Waals surface area contributed by atoms with Crippen molar-refractivity contribution in [2.45, 2.75) is 25.6 Å². The Labute approximate surface area is 94.3 Å². The lowest BCUT2D eigenvalue weighted by atomic mass is 10.2. The molecule has 0 spiro atoms. The van der Waals surface area contributed by atoms with E-state index in [1.165, 1.54) is 6.92 Å². The van der Waals surface area contributed by atoms with Crippen LogP contribution in [0.25, 0.3) is 0 Å². The molecule has 4 nitrogen and oxygen atoms in total. The van der Waals surface area contributed by atoms with Gasteiger partial charge in [-0.2, -0.15) is 13.2 Å². The minimum Gasteiger partial charge on any atom is -0.478 e. The summed E-state index contributed by atoms with van der Waals surface area (Å²) in [6.45, 7) is 1.21. The van der Waals surface area contributed by atoms with E-state index in [0.717, 1.165) is 22.9 Å². The van der Waals surface area contributed by atoms with Crippen molar-refractivity contribution in [3.05, 3.63) is 34.2 Å². The number of hydrogen-bond acceptors (Lipinski definition) is 2. The SMILES string of the molecule is CC(CC(F)(F)F)n1cc(C(=O)O)ccc1=O. The molecule has 0 radical (unpaired) electrons. The zero-order valence-electron chi connectivity index (χ0n) is 8.86. The maximum atomic E-state index is 12.2. The van der Waals surface area contributed by atoms with Crippen LogP contribution in [0, 0.1) is 0 Å². The zero-order valence-corrected chi connectivity index (χ0v) is 8.86. The molecule has 0 aromatic carbocycles. The first-order valence-electron chi connectivity index (χ1n) is 4.73. The van der Waals surface area contributed by atoms with Crippen LogP contribution in [0.15, 0.2) is 23.1 Å². The molecule has 94 valence electrons. The molecule has 0 bridgehead atoms. The van der Waals surface area contributed by atoms with Crippen molar-refractivity contribution in [3.8, 4) is 0 Å². The zero-order chi connectivity index (χ0) is 13.2. The summed E-state index contributed by atoms with van der Waals surface area (Å²) in [4.78, 5) is 22.0. The number of rotatable bonds is 3. The minimum absolute atomic E-state index is 0.223. The highest BCUT2D eigenvalue weighted by Crippen LogP contribution is 2.26. The van der Waals surface area contributed by atoms with Gasteiger partial charge in [0.2, 0.25) is 0 Å². The summed E-state index contributed by atoms with van der Waals surface area (Å²) in [6, 6.07) is 0.861. The van der Waals surface area contributed by atoms with Crippen LogP contribution in [0.3, 0.4) is 0 Å². The molecule has 0 saturated heterocycles. The summed E-state index contributed by atoms with van der Waals surface area (Å²) >= 11 is 0. The number of aromatic carboxylic acids is 1. The van der Waals surface area contributed by atoms with Gasteiger partial charge in [-0.15, -0.1) is 0 Å². The molecule has 1 unspecified atom stereocenters. The topological polar surface area (TPSA) is 59.3 Å². The van der Waals surface area contributed by atoms with Crippen LogP contribution >= 0.6 is 0 Å². The van der Waals surface area contributed by atoms with Gasteiger partial charge >= 0.3 is 12.1 Å². The molecule has 1 N–H and O–H groups in total. The Morgan fingerprint density at radius 3 is 2.53 bits per heavy atom. The molecular formula is C10H10F3NO3. The second kappa shape index (κ2) is 4.60. The molecule has 7 heteroatoms. The molecule has 0 aliphatic heterocycles. The van der Waals surface area contributed by atoms with E-state index in [1.807, 2.05) is 0 Å². The molecule has 1 atom stereocenters. The Bertz CT molecular complexity index is 478. The summed E-state index contributed by atoms with van der Waals surface area (Å²) in [7, 11) is 0. The lowest BCUT2D eigenvalue weighted by Crippen LogP contribution is -2.26. The van der Waals surface area contributed by atoms with E-state index in [9.17, 15) is 22.8 Å². The van der Waals surface area contributed by atoms with Gasteiger partial charge < -0.3 is 9.67 Å². The highest BCUT2D eigenvalue weighted by molar-refractivity contribution is 5.87. The standard InChI is InChI=1S/C10H10F3NO3/c1-6(4-10(11,12)13)14-5-7(9(16)17)2-3-8(14)15/h2-3,5-6H,4H2,1H3,(H,16,17). The monoisotopic (exact) mass is 249 g/mol. The van der Waals surface area contributed by atoms with Gasteiger partial charge in [-0.05, 0) is 13.0 Å². The number of hydrogen-bond donors (Lipinski definition) is 1. The molecular weight excluding hydrogens is 239 g/mol. The quantitative estimate of drug-likeness (QED) is 0.891. The van der Waals surface area contributed by atoms with E-state index in [-0.39, 0.29) is 5.56 Å². The molecule has 1 aromatic rings. The minimum atomic E-state index is -4.40. The van der Waals surface area contributed by atoms with E-state index in [2.05, 4.69) is 0 Å². The van der Waals surface area contributed by atoms with Gasteiger partial charge in [0.25, 0.3) is 5.56 Å². The number of halogens is 3. The number of carboxylic acid groups (broad SMARTS) is 1. The van der Waals surface area contributed by atoms with Gasteiger partial charge in [-0.3, -0.25) is 4.79 Å². The fourth-order valence-electron chi connectivity index (χ4n) is 1.41. The predicted octanol–water partition coefficient (Wildman–Crippen LogP) is 2.06. The summed E-state index contributed by atoms with van der Waals surface area (Å²) in [6.07, 6.45) is -4.67. The predicted molar refractivity (Wildman–Crippen MR) is 53.0 cm³/mol. The van der Waals surface area contributed by atoms with Crippen LogP contribution in [0.5, 0.6) is 0 Å². The van der Waals surface area contributed by atoms with Gasteiger partial charge in [0.1, 0.15) is 0 Å². The van der Waals surface area contributed by atoms with Crippen molar-refractivity contribution in [2.24, 2.45) is 0 Å². The van der Waals surface area contributed by atoms with Crippen molar-refractivity contribution in [1.82, 2.24) is 4.57 Å². The molecule has 0 aliphatic carbocycles. The second-order valence-corrected chi connectivity index (χ2v) is 3.64. The van der Waals surface area contributed by atoms with Gasteiger partial charge in [-0.1, -0.05) is 0 Å². The fraction of sp³-hybridized carbons (Fsp3) is 0.400. The van der Waals surface area contributed by atoms with Crippen molar-refractivity contribution >= 4 is 5.97 Å². The molecule has 1 rings (SSSR count). The van der Waals surface area contributed by atoms with E-state index in [0.29, 0.717) is 0 Å². The normalized spacial score (nSPS) is 13.4. The third-order valence-electron chi connectivity index (χ3n) is 2.19. The van der Waals surface area contributed by atoms with E-state index in [1.54, 1.807) is 0 Å². The van der Waals surface area contributed by atoms with Gasteiger partial charge in [0.15, 0.2) is 0 Å². The molecule has 0 fully saturated rings. The maximum absolute atomic E-state index is 12.2. The van der Waals surface area contributed by atoms with Crippen molar-refractivity contribution in [3.63, 3.8) is 0 Å². The number of pyridine rings is 1. The second-order valence-electron chi connectivity index (χ2n) is 3.64. The maximum Gasteiger partial charge on any atom is 0.391 e. The first-order chi connectivity index (χ1) is 7.70. The Kier molecular flexibility index (Phi) is 3.59. The Morgan fingerprint density at radius 2 is 2.06 bits per heavy atom. The average Bonchev–Trinajstić information content (AvgIpc) is 2.14. The highest BCUT2D eigenvalue weighted by Gasteiger charge is 2.31. The van der Waals surface area contributed by atoms with E-state index < -0.39 is 30.2 Å². The Morgan fingerprint density at radius 1 is 1.47 bits per heavy atom. The van der Waals surface area contributed by atoms with Crippen molar-refractivity contribution in [1.29, 1.82) is 0 Å². The van der Waals surface area contributed by atoms with Crippen LogP contribution in [0.1, 0.15) is 29.7 Å². The van der Waals surface area contributed by atoms with Gasteiger partial charge in [0, 0.05) is 18.3 Å². The number of carbonyl (C=O) groups is 1. The number of alkyl halides is 3. The molecule has 17 heavy (non-hydrogen) atoms. The Hall–Kier alpha value is -1.79. The van der Waals surface area contributed by atoms with Crippen LogP contribution in [0.2, 0.25) is 0 Å². The van der Waals surface area contributed by atoms with Crippen LogP contribution in [0.4, 0.5) is 13.2 Å². The largest absolute Gasteiger partial charge is 0.478 e. The third-order valence-corrected chi connectivity index (χ3v) is 2.19. The van der Waals surface area contributed by atoms with E-state index >= 15 is 0 Å². The summed E-state index contributed by atoms with van der Waals surface area (Å²) in [5.74, 6) is -1.29. The fourth-order valence-corrected chi connectivity index (χ4v) is 1.41. The van der Waals surface area contributed by atoms with Crippen LogP contribution in [-0.2, 0) is 0 Å². The number of carboxylic acids is 1. The number of aromatic nitrogens is 1. The van der Waals surface area contributed by atoms with Gasteiger partial charge in [-0.25, -0.2) is 4.79 Å². The smallest absolute Gasteiger partial charge is 0.391 e. The molecule has 0 aliphatic rings. The molecule has 1 aromatic heterocycles. The third kappa shape index (κ3) is 3.61. The average molecular weight is 249 g/mol. The lowest BCUT2D eigenvalue weighted by molar-refractivity contribution is -0.141. The lowest BCUT2D eigenvalue weighted by Gasteiger charge is -2.17. The Balaban J connectivity index is 3.08. The summed E-state index contributed by atoms with van der Waals surface area (Å²) in [5, 5.41) is 8.68. The van der Waals surface area contributed by atoms with Gasteiger partial charge in [0.05, 0.1) is 12.0 Å². The molecule has 0 amide bonds.